The van der Waals surface area contributed by atoms with E-state index in [9.17, 15) is 0 Å². The molecular formula is C22H20N2. The molecule has 0 aliphatic heterocycles. The molecule has 0 aliphatic carbocycles. The summed E-state index contributed by atoms with van der Waals surface area (Å²) in [7, 11) is 0. The van der Waals surface area contributed by atoms with Gasteiger partial charge in [0.2, 0.25) is 0 Å². The molecule has 0 aliphatic rings. The smallest absolute Gasteiger partial charge is 0.0942 e. The van der Waals surface area contributed by atoms with Crippen LogP contribution in [0.15, 0.2) is 66.7 Å². The van der Waals surface area contributed by atoms with E-state index in [1.54, 1.807) is 0 Å². The Bertz CT molecular complexity index is 988. The van der Waals surface area contributed by atoms with E-state index in [1.165, 1.54) is 29.5 Å². The Morgan fingerprint density at radius 3 is 2.25 bits per heavy atom. The van der Waals surface area contributed by atoms with Crippen LogP contribution < -0.4 is 0 Å². The molecule has 0 atom stereocenters. The maximum absolute atomic E-state index is 4.40. The lowest BCUT2D eigenvalue weighted by molar-refractivity contribution is 0.795. The molecule has 118 valence electrons. The first-order valence-electron chi connectivity index (χ1n) is 8.59. The minimum atomic E-state index is 0.943. The van der Waals surface area contributed by atoms with E-state index in [0.717, 1.165) is 28.2 Å². The fourth-order valence-electron chi connectivity index (χ4n) is 3.16. The van der Waals surface area contributed by atoms with Gasteiger partial charge >= 0.3 is 0 Å². The third kappa shape index (κ3) is 2.76. The minimum absolute atomic E-state index is 0.943. The first-order chi connectivity index (χ1) is 11.8. The largest absolute Gasteiger partial charge is 0.150 e. The molecule has 4 aromatic rings. The first-order valence-corrected chi connectivity index (χ1v) is 8.59. The van der Waals surface area contributed by atoms with Crippen LogP contribution in [-0.2, 0) is 6.42 Å². The number of rotatable bonds is 4. The lowest BCUT2D eigenvalue weighted by Gasteiger charge is -2.07. The third-order valence-electron chi connectivity index (χ3n) is 4.56. The molecular weight excluding hydrogens is 292 g/mol. The summed E-state index contributed by atoms with van der Waals surface area (Å²) >= 11 is 0. The van der Waals surface area contributed by atoms with Gasteiger partial charge in [0.05, 0.1) is 11.0 Å². The Labute approximate surface area is 142 Å². The molecule has 0 radical (unpaired) electrons. The Hall–Kier alpha value is -2.74. The lowest BCUT2D eigenvalue weighted by atomic mass is 10.00. The number of nitrogens with zero attached hydrogens (tertiary/aromatic N) is 2. The van der Waals surface area contributed by atoms with Crippen LogP contribution in [-0.4, -0.2) is 10.2 Å². The second-order valence-electron chi connectivity index (χ2n) is 6.25. The van der Waals surface area contributed by atoms with Gasteiger partial charge in [0.1, 0.15) is 0 Å². The van der Waals surface area contributed by atoms with Crippen LogP contribution in [0.3, 0.4) is 0 Å². The number of fused-ring (bicyclic) bond motifs is 3. The predicted molar refractivity (Wildman–Crippen MR) is 101 cm³/mol. The SMILES string of the molecule is CCCCc1ccc(-c2ccc3c(c2)nnc2ccccc23)cc1. The minimum Gasteiger partial charge on any atom is -0.150 e. The van der Waals surface area contributed by atoms with Crippen LogP contribution in [0.25, 0.3) is 32.9 Å². The summed E-state index contributed by atoms with van der Waals surface area (Å²) in [4.78, 5) is 0. The standard InChI is InChI=1S/C22H20N2/c1-2-3-6-16-9-11-17(12-10-16)18-13-14-20-19-7-4-5-8-21(19)23-24-22(20)15-18/h4-5,7-15H,2-3,6H2,1H3. The summed E-state index contributed by atoms with van der Waals surface area (Å²) < 4.78 is 0. The number of hydrogen-bond acceptors (Lipinski definition) is 2. The summed E-state index contributed by atoms with van der Waals surface area (Å²) in [5.74, 6) is 0. The van der Waals surface area contributed by atoms with Gasteiger partial charge in [0.25, 0.3) is 0 Å². The molecule has 0 fully saturated rings. The summed E-state index contributed by atoms with van der Waals surface area (Å²) in [6.07, 6.45) is 3.64. The summed E-state index contributed by atoms with van der Waals surface area (Å²) in [6.45, 7) is 2.23. The average molecular weight is 312 g/mol. The molecule has 0 amide bonds. The van der Waals surface area contributed by atoms with E-state index in [4.69, 9.17) is 0 Å². The van der Waals surface area contributed by atoms with Crippen molar-refractivity contribution >= 4 is 21.8 Å². The van der Waals surface area contributed by atoms with Gasteiger partial charge in [-0.05, 0) is 41.7 Å². The van der Waals surface area contributed by atoms with E-state index < -0.39 is 0 Å². The average Bonchev–Trinajstić information content (AvgIpc) is 2.66. The van der Waals surface area contributed by atoms with Crippen molar-refractivity contribution in [3.05, 3.63) is 72.3 Å². The van der Waals surface area contributed by atoms with Crippen molar-refractivity contribution in [1.29, 1.82) is 0 Å². The monoisotopic (exact) mass is 312 g/mol. The van der Waals surface area contributed by atoms with Gasteiger partial charge < -0.3 is 0 Å². The number of benzene rings is 3. The molecule has 0 saturated heterocycles. The Kier molecular flexibility index (Phi) is 3.96. The van der Waals surface area contributed by atoms with Gasteiger partial charge in [-0.2, -0.15) is 0 Å². The molecule has 1 heterocycles. The van der Waals surface area contributed by atoms with Crippen molar-refractivity contribution in [1.82, 2.24) is 10.2 Å². The topological polar surface area (TPSA) is 25.8 Å². The van der Waals surface area contributed by atoms with E-state index in [2.05, 4.69) is 65.7 Å². The van der Waals surface area contributed by atoms with E-state index >= 15 is 0 Å². The highest BCUT2D eigenvalue weighted by Crippen LogP contribution is 2.27. The summed E-state index contributed by atoms with van der Waals surface area (Å²) in [5, 5.41) is 11.1. The predicted octanol–water partition coefficient (Wildman–Crippen LogP) is 5.79. The molecule has 3 aromatic carbocycles. The van der Waals surface area contributed by atoms with Crippen molar-refractivity contribution in [3.63, 3.8) is 0 Å². The highest BCUT2D eigenvalue weighted by Gasteiger charge is 2.05. The molecule has 24 heavy (non-hydrogen) atoms. The van der Waals surface area contributed by atoms with E-state index in [1.807, 2.05) is 18.2 Å². The summed E-state index contributed by atoms with van der Waals surface area (Å²) in [6, 6.07) is 23.5. The zero-order valence-corrected chi connectivity index (χ0v) is 13.9. The molecule has 2 heteroatoms. The molecule has 0 spiro atoms. The normalized spacial score (nSPS) is 11.2. The van der Waals surface area contributed by atoms with Crippen molar-refractivity contribution in [3.8, 4) is 11.1 Å². The zero-order valence-electron chi connectivity index (χ0n) is 13.9. The third-order valence-corrected chi connectivity index (χ3v) is 4.56. The highest BCUT2D eigenvalue weighted by molar-refractivity contribution is 6.04. The number of unbranched alkanes of at least 4 members (excludes halogenated alkanes) is 1. The van der Waals surface area contributed by atoms with Crippen LogP contribution in [0.1, 0.15) is 25.3 Å². The molecule has 4 rings (SSSR count). The highest BCUT2D eigenvalue weighted by atomic mass is 15.1. The van der Waals surface area contributed by atoms with Crippen LogP contribution in [0.5, 0.6) is 0 Å². The fourth-order valence-corrected chi connectivity index (χ4v) is 3.16. The van der Waals surface area contributed by atoms with Crippen molar-refractivity contribution < 1.29 is 0 Å². The Morgan fingerprint density at radius 2 is 1.42 bits per heavy atom. The molecule has 0 bridgehead atoms. The molecule has 0 saturated carbocycles. The lowest BCUT2D eigenvalue weighted by Crippen LogP contribution is -1.89. The van der Waals surface area contributed by atoms with Gasteiger partial charge in [-0.15, -0.1) is 10.2 Å². The zero-order chi connectivity index (χ0) is 16.4. The second kappa shape index (κ2) is 6.40. The molecule has 0 unspecified atom stereocenters. The van der Waals surface area contributed by atoms with Crippen LogP contribution in [0.4, 0.5) is 0 Å². The Morgan fingerprint density at radius 1 is 0.708 bits per heavy atom. The first kappa shape index (κ1) is 14.8. The number of aromatic nitrogens is 2. The van der Waals surface area contributed by atoms with Crippen molar-refractivity contribution in [2.75, 3.05) is 0 Å². The van der Waals surface area contributed by atoms with Crippen molar-refractivity contribution in [2.24, 2.45) is 0 Å². The van der Waals surface area contributed by atoms with E-state index in [0.29, 0.717) is 0 Å². The van der Waals surface area contributed by atoms with Gasteiger partial charge in [-0.1, -0.05) is 67.9 Å². The van der Waals surface area contributed by atoms with Gasteiger partial charge in [0, 0.05) is 10.8 Å². The van der Waals surface area contributed by atoms with E-state index in [-0.39, 0.29) is 0 Å². The molecule has 0 N–H and O–H groups in total. The van der Waals surface area contributed by atoms with Gasteiger partial charge in [-0.25, -0.2) is 0 Å². The quantitative estimate of drug-likeness (QED) is 0.445. The summed E-state index contributed by atoms with van der Waals surface area (Å²) in [5.41, 5.74) is 5.72. The van der Waals surface area contributed by atoms with Crippen LogP contribution in [0.2, 0.25) is 0 Å². The number of hydrogen-bond donors (Lipinski definition) is 0. The van der Waals surface area contributed by atoms with Gasteiger partial charge in [-0.3, -0.25) is 0 Å². The maximum atomic E-state index is 4.40. The molecule has 1 aromatic heterocycles. The maximum Gasteiger partial charge on any atom is 0.0942 e. The van der Waals surface area contributed by atoms with Crippen molar-refractivity contribution in [2.45, 2.75) is 26.2 Å². The fraction of sp³-hybridized carbons (Fsp3) is 0.182. The van der Waals surface area contributed by atoms with Crippen LogP contribution >= 0.6 is 0 Å². The Balaban J connectivity index is 1.73. The molecule has 2 nitrogen and oxygen atoms in total. The van der Waals surface area contributed by atoms with Crippen LogP contribution in [0, 0.1) is 0 Å². The van der Waals surface area contributed by atoms with Gasteiger partial charge in [0.15, 0.2) is 0 Å². The second-order valence-corrected chi connectivity index (χ2v) is 6.25. The number of aryl methyl sites for hydroxylation is 1.